The van der Waals surface area contributed by atoms with Gasteiger partial charge in [-0.3, -0.25) is 9.69 Å². The molecule has 0 fully saturated rings. The van der Waals surface area contributed by atoms with Crippen LogP contribution in [0.2, 0.25) is 0 Å². The molecule has 0 atom stereocenters. The molecule has 0 unspecified atom stereocenters. The molecule has 1 amide bonds. The first-order chi connectivity index (χ1) is 15.5. The molecule has 32 heavy (non-hydrogen) atoms. The van der Waals surface area contributed by atoms with Crippen LogP contribution in [0.25, 0.3) is 10.2 Å². The molecular weight excluding hydrogens is 420 g/mol. The van der Waals surface area contributed by atoms with Gasteiger partial charge in [0.05, 0.1) is 23.9 Å². The minimum absolute atomic E-state index is 0.0624. The van der Waals surface area contributed by atoms with Crippen molar-refractivity contribution in [3.05, 3.63) is 83.9 Å². The Labute approximate surface area is 192 Å². The molecule has 1 aromatic heterocycles. The summed E-state index contributed by atoms with van der Waals surface area (Å²) in [6.45, 7) is 4.66. The van der Waals surface area contributed by atoms with Gasteiger partial charge in [0.15, 0.2) is 11.7 Å². The van der Waals surface area contributed by atoms with Crippen LogP contribution in [0.15, 0.2) is 72.8 Å². The van der Waals surface area contributed by atoms with Gasteiger partial charge in [-0.15, -0.1) is 0 Å². The number of aromatic nitrogens is 1. The molecule has 164 valence electrons. The Bertz CT molecular complexity index is 1190. The fourth-order valence-corrected chi connectivity index (χ4v) is 4.30. The fourth-order valence-electron chi connectivity index (χ4n) is 3.34. The van der Waals surface area contributed by atoms with E-state index in [1.54, 1.807) is 12.0 Å². The van der Waals surface area contributed by atoms with E-state index in [1.165, 1.54) is 16.9 Å². The summed E-state index contributed by atoms with van der Waals surface area (Å²) in [6, 6.07) is 23.5. The van der Waals surface area contributed by atoms with Gasteiger partial charge < -0.3 is 9.47 Å². The van der Waals surface area contributed by atoms with Crippen molar-refractivity contribution in [3.8, 4) is 11.5 Å². The normalized spacial score (nSPS) is 11.0. The number of carbonyl (C=O) groups is 1. The van der Waals surface area contributed by atoms with Crippen LogP contribution in [0.4, 0.5) is 5.13 Å². The average Bonchev–Trinajstić information content (AvgIpc) is 3.24. The number of benzene rings is 3. The van der Waals surface area contributed by atoms with Gasteiger partial charge >= 0.3 is 0 Å². The SMILES string of the molecule is COc1ccc2sc(N(Cc3ccccc3)C(=O)COc3ccc(C(C)C)cc3)nc2c1. The molecule has 0 N–H and O–H groups in total. The largest absolute Gasteiger partial charge is 0.497 e. The Morgan fingerprint density at radius 2 is 1.72 bits per heavy atom. The van der Waals surface area contributed by atoms with Gasteiger partial charge in [-0.1, -0.05) is 67.6 Å². The van der Waals surface area contributed by atoms with E-state index in [4.69, 9.17) is 14.5 Å². The first-order valence-electron chi connectivity index (χ1n) is 10.5. The van der Waals surface area contributed by atoms with Gasteiger partial charge in [0.2, 0.25) is 0 Å². The lowest BCUT2D eigenvalue weighted by atomic mass is 10.0. The van der Waals surface area contributed by atoms with E-state index >= 15 is 0 Å². The van der Waals surface area contributed by atoms with Gasteiger partial charge in [-0.05, 0) is 41.3 Å². The molecule has 4 aromatic rings. The number of nitrogens with zero attached hydrogens (tertiary/aromatic N) is 2. The quantitative estimate of drug-likeness (QED) is 0.331. The Hall–Kier alpha value is -3.38. The Morgan fingerprint density at radius 3 is 2.41 bits per heavy atom. The summed E-state index contributed by atoms with van der Waals surface area (Å²) in [4.78, 5) is 19.6. The molecular formula is C26H26N2O3S. The lowest BCUT2D eigenvalue weighted by Gasteiger charge is -2.20. The van der Waals surface area contributed by atoms with E-state index in [0.29, 0.717) is 23.3 Å². The average molecular weight is 447 g/mol. The molecule has 0 saturated heterocycles. The van der Waals surface area contributed by atoms with Crippen molar-refractivity contribution in [1.82, 2.24) is 4.98 Å². The summed E-state index contributed by atoms with van der Waals surface area (Å²) < 4.78 is 12.1. The van der Waals surface area contributed by atoms with Crippen molar-refractivity contribution in [3.63, 3.8) is 0 Å². The lowest BCUT2D eigenvalue weighted by Crippen LogP contribution is -2.34. The second-order valence-corrected chi connectivity index (χ2v) is 8.82. The van der Waals surface area contributed by atoms with Crippen molar-refractivity contribution in [1.29, 1.82) is 0 Å². The van der Waals surface area contributed by atoms with Gasteiger partial charge in [0, 0.05) is 6.07 Å². The highest BCUT2D eigenvalue weighted by molar-refractivity contribution is 7.22. The summed E-state index contributed by atoms with van der Waals surface area (Å²) in [6.07, 6.45) is 0. The number of ether oxygens (including phenoxy) is 2. The van der Waals surface area contributed by atoms with E-state index in [2.05, 4.69) is 13.8 Å². The van der Waals surface area contributed by atoms with Crippen LogP contribution < -0.4 is 14.4 Å². The van der Waals surface area contributed by atoms with Gasteiger partial charge in [0.1, 0.15) is 11.5 Å². The maximum Gasteiger partial charge on any atom is 0.267 e. The van der Waals surface area contributed by atoms with Crippen molar-refractivity contribution in [2.45, 2.75) is 26.3 Å². The summed E-state index contributed by atoms with van der Waals surface area (Å²) in [7, 11) is 1.63. The summed E-state index contributed by atoms with van der Waals surface area (Å²) >= 11 is 1.48. The second-order valence-electron chi connectivity index (χ2n) is 7.81. The fraction of sp³-hybridized carbons (Fsp3) is 0.231. The number of anilines is 1. The molecule has 0 aliphatic carbocycles. The van der Waals surface area contributed by atoms with E-state index < -0.39 is 0 Å². The van der Waals surface area contributed by atoms with Crippen molar-refractivity contribution in [2.75, 3.05) is 18.6 Å². The van der Waals surface area contributed by atoms with Crippen LogP contribution in [0.1, 0.15) is 30.9 Å². The molecule has 0 aliphatic heterocycles. The predicted octanol–water partition coefficient (Wildman–Crippen LogP) is 6.04. The topological polar surface area (TPSA) is 51.7 Å². The number of thiazole rings is 1. The molecule has 3 aromatic carbocycles. The number of amides is 1. The van der Waals surface area contributed by atoms with Gasteiger partial charge in [-0.2, -0.15) is 0 Å². The highest BCUT2D eigenvalue weighted by atomic mass is 32.1. The Balaban J connectivity index is 1.56. The van der Waals surface area contributed by atoms with Crippen molar-refractivity contribution in [2.24, 2.45) is 0 Å². The van der Waals surface area contributed by atoms with E-state index in [0.717, 1.165) is 21.5 Å². The zero-order chi connectivity index (χ0) is 22.5. The third-order valence-corrected chi connectivity index (χ3v) is 6.27. The molecule has 0 radical (unpaired) electrons. The first-order valence-corrected chi connectivity index (χ1v) is 11.4. The number of rotatable bonds is 8. The van der Waals surface area contributed by atoms with Crippen LogP contribution in [-0.2, 0) is 11.3 Å². The molecule has 5 nitrogen and oxygen atoms in total. The number of hydrogen-bond acceptors (Lipinski definition) is 5. The molecule has 0 saturated carbocycles. The predicted molar refractivity (Wildman–Crippen MR) is 130 cm³/mol. The zero-order valence-corrected chi connectivity index (χ0v) is 19.3. The van der Waals surface area contributed by atoms with Crippen molar-refractivity contribution < 1.29 is 14.3 Å². The van der Waals surface area contributed by atoms with E-state index in [-0.39, 0.29) is 12.5 Å². The Morgan fingerprint density at radius 1 is 1.00 bits per heavy atom. The summed E-state index contributed by atoms with van der Waals surface area (Å²) in [5.41, 5.74) is 3.07. The number of methoxy groups -OCH3 is 1. The third-order valence-electron chi connectivity index (χ3n) is 5.21. The van der Waals surface area contributed by atoms with Crippen LogP contribution >= 0.6 is 11.3 Å². The highest BCUT2D eigenvalue weighted by Crippen LogP contribution is 2.32. The molecule has 0 aliphatic rings. The summed E-state index contributed by atoms with van der Waals surface area (Å²) in [5, 5.41) is 0.640. The monoisotopic (exact) mass is 446 g/mol. The minimum Gasteiger partial charge on any atom is -0.497 e. The van der Waals surface area contributed by atoms with Crippen LogP contribution in [0.5, 0.6) is 11.5 Å². The van der Waals surface area contributed by atoms with Gasteiger partial charge in [0.25, 0.3) is 5.91 Å². The Kier molecular flexibility index (Phi) is 6.71. The van der Waals surface area contributed by atoms with E-state index in [9.17, 15) is 4.79 Å². The molecule has 0 bridgehead atoms. The second kappa shape index (κ2) is 9.83. The lowest BCUT2D eigenvalue weighted by molar-refractivity contribution is -0.120. The standard InChI is InChI=1S/C26H26N2O3S/c1-18(2)20-9-11-21(12-10-20)31-17-25(29)28(16-19-7-5-4-6-8-19)26-27-23-15-22(30-3)13-14-24(23)32-26/h4-15,18H,16-17H2,1-3H3. The van der Waals surface area contributed by atoms with Crippen LogP contribution in [-0.4, -0.2) is 24.6 Å². The highest BCUT2D eigenvalue weighted by Gasteiger charge is 2.21. The van der Waals surface area contributed by atoms with Crippen LogP contribution in [0, 0.1) is 0 Å². The number of hydrogen-bond donors (Lipinski definition) is 0. The number of fused-ring (bicyclic) bond motifs is 1. The maximum atomic E-state index is 13.2. The smallest absolute Gasteiger partial charge is 0.267 e. The molecule has 0 spiro atoms. The third kappa shape index (κ3) is 5.08. The summed E-state index contributed by atoms with van der Waals surface area (Å²) in [5.74, 6) is 1.72. The molecule has 1 heterocycles. The minimum atomic E-state index is -0.146. The number of carbonyl (C=O) groups excluding carboxylic acids is 1. The van der Waals surface area contributed by atoms with E-state index in [1.807, 2.05) is 72.8 Å². The van der Waals surface area contributed by atoms with Gasteiger partial charge in [-0.25, -0.2) is 4.98 Å². The zero-order valence-electron chi connectivity index (χ0n) is 18.4. The maximum absolute atomic E-state index is 13.2. The van der Waals surface area contributed by atoms with Crippen LogP contribution in [0.3, 0.4) is 0 Å². The molecule has 4 rings (SSSR count). The molecule has 6 heteroatoms. The first kappa shape index (κ1) is 21.8. The van der Waals surface area contributed by atoms with Crippen molar-refractivity contribution >= 4 is 32.6 Å².